The van der Waals surface area contributed by atoms with Gasteiger partial charge in [-0.05, 0) is 24.3 Å². The summed E-state index contributed by atoms with van der Waals surface area (Å²) in [5.41, 5.74) is 1.27. The average Bonchev–Trinajstić information content (AvgIpc) is 2.77. The predicted octanol–water partition coefficient (Wildman–Crippen LogP) is 3.56. The second-order valence-electron chi connectivity index (χ2n) is 6.19. The van der Waals surface area contributed by atoms with Gasteiger partial charge in [-0.25, -0.2) is 0 Å². The first-order chi connectivity index (χ1) is 13.0. The molecule has 0 radical (unpaired) electrons. The monoisotopic (exact) mass is 386 g/mol. The van der Waals surface area contributed by atoms with Crippen LogP contribution >= 0.6 is 11.8 Å². The smallest absolute Gasteiger partial charge is 0.244 e. The molecule has 0 fully saturated rings. The van der Waals surface area contributed by atoms with Crippen LogP contribution in [0.25, 0.3) is 0 Å². The third kappa shape index (κ3) is 4.36. The molecule has 27 heavy (non-hydrogen) atoms. The van der Waals surface area contributed by atoms with Crippen LogP contribution in [0.3, 0.4) is 0 Å². The number of benzene rings is 2. The van der Waals surface area contributed by atoms with E-state index in [1.165, 1.54) is 7.11 Å². The second kappa shape index (κ2) is 8.35. The highest BCUT2D eigenvalue weighted by Gasteiger charge is 2.27. The fourth-order valence-electron chi connectivity index (χ4n) is 2.95. The Hall–Kier alpha value is -2.67. The van der Waals surface area contributed by atoms with Gasteiger partial charge in [-0.15, -0.1) is 11.8 Å². The lowest BCUT2D eigenvalue weighted by Gasteiger charge is -2.22. The van der Waals surface area contributed by atoms with E-state index in [4.69, 9.17) is 9.47 Å². The highest BCUT2D eigenvalue weighted by Crippen LogP contribution is 2.37. The van der Waals surface area contributed by atoms with Gasteiger partial charge in [0, 0.05) is 22.6 Å². The first-order valence-corrected chi connectivity index (χ1v) is 9.47. The molecule has 0 saturated heterocycles. The number of thioether (sulfide) groups is 1. The van der Waals surface area contributed by atoms with Gasteiger partial charge in [0.1, 0.15) is 18.0 Å². The average molecular weight is 386 g/mol. The maximum atomic E-state index is 12.7. The standard InChI is InChI=1S/C20H22N2O4S/c1-13-10-20(24)22(16-6-4-5-7-18(16)27-13)12-19(23)21-15-11-14(25-2)8-9-17(15)26-3/h4-9,11,13H,10,12H2,1-3H3,(H,21,23). The normalized spacial score (nSPS) is 16.3. The number of carbonyl (C=O) groups excluding carboxylic acids is 2. The molecule has 2 aromatic rings. The SMILES string of the molecule is COc1ccc(OC)c(NC(=O)CN2C(=O)CC(C)Sc3ccccc32)c1. The Bertz CT molecular complexity index is 856. The molecule has 1 heterocycles. The minimum Gasteiger partial charge on any atom is -0.497 e. The summed E-state index contributed by atoms with van der Waals surface area (Å²) in [5, 5.41) is 2.98. The third-order valence-electron chi connectivity index (χ3n) is 4.23. The van der Waals surface area contributed by atoms with Gasteiger partial charge in [-0.2, -0.15) is 0 Å². The van der Waals surface area contributed by atoms with Crippen LogP contribution in [-0.2, 0) is 9.59 Å². The Morgan fingerprint density at radius 2 is 2.00 bits per heavy atom. The molecule has 7 heteroatoms. The van der Waals surface area contributed by atoms with Crippen molar-refractivity contribution < 1.29 is 19.1 Å². The van der Waals surface area contributed by atoms with Crippen molar-refractivity contribution in [3.05, 3.63) is 42.5 Å². The first kappa shape index (κ1) is 19.1. The largest absolute Gasteiger partial charge is 0.497 e. The van der Waals surface area contributed by atoms with Crippen LogP contribution in [0.4, 0.5) is 11.4 Å². The molecule has 0 bridgehead atoms. The van der Waals surface area contributed by atoms with E-state index in [0.717, 1.165) is 10.6 Å². The molecular weight excluding hydrogens is 364 g/mol. The van der Waals surface area contributed by atoms with Crippen LogP contribution < -0.4 is 19.7 Å². The third-order valence-corrected chi connectivity index (χ3v) is 5.40. The van der Waals surface area contributed by atoms with Gasteiger partial charge in [-0.3, -0.25) is 9.59 Å². The Morgan fingerprint density at radius 1 is 1.22 bits per heavy atom. The van der Waals surface area contributed by atoms with Gasteiger partial charge in [-0.1, -0.05) is 19.1 Å². The quantitative estimate of drug-likeness (QED) is 0.851. The van der Waals surface area contributed by atoms with Crippen LogP contribution in [-0.4, -0.2) is 37.8 Å². The minimum absolute atomic E-state index is 0.0623. The maximum absolute atomic E-state index is 12.7. The number of hydrogen-bond acceptors (Lipinski definition) is 5. The maximum Gasteiger partial charge on any atom is 0.244 e. The van der Waals surface area contributed by atoms with E-state index in [-0.39, 0.29) is 23.6 Å². The Balaban J connectivity index is 1.82. The molecule has 0 aliphatic carbocycles. The number of nitrogens with one attached hydrogen (secondary N) is 1. The Kier molecular flexibility index (Phi) is 5.91. The van der Waals surface area contributed by atoms with E-state index >= 15 is 0 Å². The van der Waals surface area contributed by atoms with Crippen LogP contribution in [0.1, 0.15) is 13.3 Å². The van der Waals surface area contributed by atoms with Crippen LogP contribution in [0.15, 0.2) is 47.4 Å². The van der Waals surface area contributed by atoms with Gasteiger partial charge in [0.15, 0.2) is 0 Å². The number of methoxy groups -OCH3 is 2. The van der Waals surface area contributed by atoms with E-state index in [2.05, 4.69) is 5.32 Å². The molecule has 1 aliphatic rings. The highest BCUT2D eigenvalue weighted by molar-refractivity contribution is 8.00. The number of carbonyl (C=O) groups is 2. The molecule has 1 aliphatic heterocycles. The molecule has 2 aromatic carbocycles. The summed E-state index contributed by atoms with van der Waals surface area (Å²) in [4.78, 5) is 27.9. The predicted molar refractivity (Wildman–Crippen MR) is 107 cm³/mol. The fraction of sp³-hybridized carbons (Fsp3) is 0.300. The van der Waals surface area contributed by atoms with Crippen molar-refractivity contribution in [1.82, 2.24) is 0 Å². The minimum atomic E-state index is -0.302. The lowest BCUT2D eigenvalue weighted by atomic mass is 10.2. The zero-order chi connectivity index (χ0) is 19.4. The van der Waals surface area contributed by atoms with E-state index < -0.39 is 0 Å². The summed E-state index contributed by atoms with van der Waals surface area (Å²) in [5.74, 6) is 0.764. The highest BCUT2D eigenvalue weighted by atomic mass is 32.2. The molecule has 2 amide bonds. The number of ether oxygens (including phenoxy) is 2. The van der Waals surface area contributed by atoms with Crippen molar-refractivity contribution in [2.45, 2.75) is 23.5 Å². The zero-order valence-corrected chi connectivity index (χ0v) is 16.3. The molecular formula is C20H22N2O4S. The molecule has 0 spiro atoms. The van der Waals surface area contributed by atoms with Crippen molar-refractivity contribution in [3.8, 4) is 11.5 Å². The van der Waals surface area contributed by atoms with Gasteiger partial charge in [0.2, 0.25) is 11.8 Å². The van der Waals surface area contributed by atoms with E-state index in [1.54, 1.807) is 42.0 Å². The van der Waals surface area contributed by atoms with Crippen LogP contribution in [0.5, 0.6) is 11.5 Å². The number of fused-ring (bicyclic) bond motifs is 1. The molecule has 0 aromatic heterocycles. The van der Waals surface area contributed by atoms with Gasteiger partial charge >= 0.3 is 0 Å². The molecule has 0 saturated carbocycles. The number of anilines is 2. The summed E-state index contributed by atoms with van der Waals surface area (Å²) >= 11 is 1.65. The number of nitrogens with zero attached hydrogens (tertiary/aromatic N) is 1. The van der Waals surface area contributed by atoms with Gasteiger partial charge in [0.25, 0.3) is 0 Å². The van der Waals surface area contributed by atoms with E-state index in [9.17, 15) is 9.59 Å². The van der Waals surface area contributed by atoms with Crippen molar-refractivity contribution in [3.63, 3.8) is 0 Å². The van der Waals surface area contributed by atoms with E-state index in [0.29, 0.717) is 23.6 Å². The lowest BCUT2D eigenvalue weighted by molar-refractivity contribution is -0.121. The summed E-state index contributed by atoms with van der Waals surface area (Å²) in [6.07, 6.45) is 0.384. The van der Waals surface area contributed by atoms with Crippen LogP contribution in [0.2, 0.25) is 0 Å². The number of amides is 2. The van der Waals surface area contributed by atoms with Gasteiger partial charge in [0.05, 0.1) is 25.6 Å². The Morgan fingerprint density at radius 3 is 2.74 bits per heavy atom. The second-order valence-corrected chi connectivity index (χ2v) is 7.67. The summed E-state index contributed by atoms with van der Waals surface area (Å²) in [6, 6.07) is 12.8. The fourth-order valence-corrected chi connectivity index (χ4v) is 4.06. The zero-order valence-electron chi connectivity index (χ0n) is 15.5. The summed E-state index contributed by atoms with van der Waals surface area (Å²) in [6.45, 7) is 1.95. The van der Waals surface area contributed by atoms with Crippen molar-refractivity contribution in [2.24, 2.45) is 0 Å². The van der Waals surface area contributed by atoms with Crippen molar-refractivity contribution in [2.75, 3.05) is 31.0 Å². The molecule has 1 N–H and O–H groups in total. The molecule has 6 nitrogen and oxygen atoms in total. The molecule has 1 unspecified atom stereocenters. The number of hydrogen-bond donors (Lipinski definition) is 1. The number of para-hydroxylation sites is 1. The topological polar surface area (TPSA) is 67.9 Å². The summed E-state index contributed by atoms with van der Waals surface area (Å²) in [7, 11) is 3.09. The summed E-state index contributed by atoms with van der Waals surface area (Å²) < 4.78 is 10.5. The van der Waals surface area contributed by atoms with Crippen LogP contribution in [0, 0.1) is 0 Å². The van der Waals surface area contributed by atoms with E-state index in [1.807, 2.05) is 31.2 Å². The Labute approximate surface area is 162 Å². The number of rotatable bonds is 5. The molecule has 3 rings (SSSR count). The lowest BCUT2D eigenvalue weighted by Crippen LogP contribution is -2.38. The first-order valence-electron chi connectivity index (χ1n) is 8.59. The van der Waals surface area contributed by atoms with Gasteiger partial charge < -0.3 is 19.7 Å². The molecule has 142 valence electrons. The molecule has 1 atom stereocenters. The van der Waals surface area contributed by atoms with Crippen molar-refractivity contribution in [1.29, 1.82) is 0 Å². The van der Waals surface area contributed by atoms with Crippen molar-refractivity contribution >= 4 is 35.0 Å².